The van der Waals surface area contributed by atoms with Crippen LogP contribution in [0.25, 0.3) is 0 Å². The molecule has 1 aromatic rings. The number of aliphatic imine (C=N–C) groups is 1. The molecule has 3 rings (SSSR count). The van der Waals surface area contributed by atoms with Gasteiger partial charge in [-0.15, -0.1) is 0 Å². The van der Waals surface area contributed by atoms with Gasteiger partial charge in [0.15, 0.2) is 5.96 Å². The minimum atomic E-state index is 0.145. The number of likely N-dealkylation sites (tertiary alicyclic amines) is 1. The molecule has 25 heavy (non-hydrogen) atoms. The highest BCUT2D eigenvalue weighted by Gasteiger charge is 2.24. The van der Waals surface area contributed by atoms with Gasteiger partial charge in [0, 0.05) is 25.7 Å². The van der Waals surface area contributed by atoms with Crippen LogP contribution in [0.5, 0.6) is 0 Å². The molecule has 0 unspecified atom stereocenters. The number of guanidine groups is 1. The van der Waals surface area contributed by atoms with Crippen LogP contribution < -0.4 is 10.6 Å². The van der Waals surface area contributed by atoms with E-state index in [9.17, 15) is 4.79 Å². The Morgan fingerprint density at radius 3 is 2.52 bits per heavy atom. The van der Waals surface area contributed by atoms with E-state index >= 15 is 0 Å². The van der Waals surface area contributed by atoms with Crippen LogP contribution in [0.15, 0.2) is 35.3 Å². The van der Waals surface area contributed by atoms with Gasteiger partial charge in [-0.2, -0.15) is 0 Å². The topological polar surface area (TPSA) is 56.7 Å². The van der Waals surface area contributed by atoms with Gasteiger partial charge in [0.25, 0.3) is 0 Å². The summed E-state index contributed by atoms with van der Waals surface area (Å²) in [5.74, 6) is 1.60. The SMILES string of the molecule is CCNC(=NCC(=O)N1CCC(Cc2ccccc2)CC1)NC1CC1. The number of amides is 1. The summed E-state index contributed by atoms with van der Waals surface area (Å²) in [6.45, 7) is 4.82. The molecule has 0 bridgehead atoms. The molecule has 1 aliphatic carbocycles. The van der Waals surface area contributed by atoms with E-state index < -0.39 is 0 Å². The highest BCUT2D eigenvalue weighted by Crippen LogP contribution is 2.22. The zero-order valence-electron chi connectivity index (χ0n) is 15.2. The smallest absolute Gasteiger partial charge is 0.244 e. The Morgan fingerprint density at radius 1 is 1.16 bits per heavy atom. The third-order valence-electron chi connectivity index (χ3n) is 4.97. The summed E-state index contributed by atoms with van der Waals surface area (Å²) in [4.78, 5) is 18.9. The lowest BCUT2D eigenvalue weighted by Gasteiger charge is -2.32. The molecule has 5 heteroatoms. The summed E-state index contributed by atoms with van der Waals surface area (Å²) in [5, 5.41) is 6.57. The Morgan fingerprint density at radius 2 is 1.88 bits per heavy atom. The largest absolute Gasteiger partial charge is 0.357 e. The van der Waals surface area contributed by atoms with Crippen molar-refractivity contribution in [1.29, 1.82) is 0 Å². The van der Waals surface area contributed by atoms with Gasteiger partial charge in [0.2, 0.25) is 5.91 Å². The number of hydrogen-bond donors (Lipinski definition) is 2. The first-order valence-corrected chi connectivity index (χ1v) is 9.61. The van der Waals surface area contributed by atoms with Gasteiger partial charge in [-0.05, 0) is 50.5 Å². The number of carbonyl (C=O) groups is 1. The van der Waals surface area contributed by atoms with E-state index in [1.165, 1.54) is 18.4 Å². The lowest BCUT2D eigenvalue weighted by molar-refractivity contribution is -0.130. The average Bonchev–Trinajstić information content (AvgIpc) is 3.45. The van der Waals surface area contributed by atoms with Gasteiger partial charge in [0.05, 0.1) is 0 Å². The molecule has 1 saturated heterocycles. The maximum atomic E-state index is 12.4. The van der Waals surface area contributed by atoms with Crippen LogP contribution in [0.4, 0.5) is 0 Å². The third kappa shape index (κ3) is 5.76. The minimum Gasteiger partial charge on any atom is -0.357 e. The predicted octanol–water partition coefficient (Wildman–Crippen LogP) is 2.19. The molecule has 0 radical (unpaired) electrons. The Labute approximate surface area is 150 Å². The molecule has 1 saturated carbocycles. The molecule has 2 aliphatic rings. The second-order valence-corrected chi connectivity index (χ2v) is 7.13. The first-order chi connectivity index (χ1) is 12.2. The Bertz CT molecular complexity index is 575. The van der Waals surface area contributed by atoms with Crippen molar-refractivity contribution in [3.63, 3.8) is 0 Å². The fourth-order valence-corrected chi connectivity index (χ4v) is 3.32. The molecule has 136 valence electrons. The zero-order chi connectivity index (χ0) is 17.5. The van der Waals surface area contributed by atoms with E-state index in [-0.39, 0.29) is 12.5 Å². The van der Waals surface area contributed by atoms with E-state index in [1.54, 1.807) is 0 Å². The van der Waals surface area contributed by atoms with Crippen molar-refractivity contribution in [2.45, 2.75) is 45.1 Å². The summed E-state index contributed by atoms with van der Waals surface area (Å²) in [6, 6.07) is 11.2. The van der Waals surface area contributed by atoms with Crippen LogP contribution in [0.1, 0.15) is 38.2 Å². The second-order valence-electron chi connectivity index (χ2n) is 7.13. The maximum absolute atomic E-state index is 12.4. The van der Waals surface area contributed by atoms with Gasteiger partial charge in [0.1, 0.15) is 6.54 Å². The van der Waals surface area contributed by atoms with Crippen molar-refractivity contribution in [3.8, 4) is 0 Å². The molecule has 1 amide bonds. The molecule has 2 fully saturated rings. The lowest BCUT2D eigenvalue weighted by atomic mass is 9.90. The fraction of sp³-hybridized carbons (Fsp3) is 0.600. The molecule has 0 atom stereocenters. The third-order valence-corrected chi connectivity index (χ3v) is 4.97. The standard InChI is InChI=1S/C20H30N4O/c1-2-21-20(23-18-8-9-18)22-15-19(25)24-12-10-17(11-13-24)14-16-6-4-3-5-7-16/h3-7,17-18H,2,8-15H2,1H3,(H2,21,22,23). The van der Waals surface area contributed by atoms with Crippen LogP contribution in [0.2, 0.25) is 0 Å². The van der Waals surface area contributed by atoms with E-state index in [2.05, 4.69) is 46.0 Å². The summed E-state index contributed by atoms with van der Waals surface area (Å²) in [5.41, 5.74) is 1.40. The van der Waals surface area contributed by atoms with Crippen molar-refractivity contribution in [3.05, 3.63) is 35.9 Å². The summed E-state index contributed by atoms with van der Waals surface area (Å²) in [6.07, 6.45) is 5.70. The second kappa shape index (κ2) is 8.88. The number of piperidine rings is 1. The summed E-state index contributed by atoms with van der Waals surface area (Å²) < 4.78 is 0. The molecule has 0 aromatic heterocycles. The normalized spacial score (nSPS) is 18.9. The molecular weight excluding hydrogens is 312 g/mol. The fourth-order valence-electron chi connectivity index (χ4n) is 3.32. The Kier molecular flexibility index (Phi) is 6.31. The van der Waals surface area contributed by atoms with Crippen LogP contribution in [-0.2, 0) is 11.2 Å². The van der Waals surface area contributed by atoms with Crippen LogP contribution in [0, 0.1) is 5.92 Å². The summed E-state index contributed by atoms with van der Waals surface area (Å²) >= 11 is 0. The minimum absolute atomic E-state index is 0.145. The van der Waals surface area contributed by atoms with Crippen molar-refractivity contribution >= 4 is 11.9 Å². The highest BCUT2D eigenvalue weighted by molar-refractivity contribution is 5.85. The van der Waals surface area contributed by atoms with Crippen LogP contribution in [-0.4, -0.2) is 49.0 Å². The maximum Gasteiger partial charge on any atom is 0.244 e. The van der Waals surface area contributed by atoms with Crippen LogP contribution >= 0.6 is 0 Å². The number of hydrogen-bond acceptors (Lipinski definition) is 2. The van der Waals surface area contributed by atoms with Crippen molar-refractivity contribution in [2.75, 3.05) is 26.2 Å². The van der Waals surface area contributed by atoms with Crippen molar-refractivity contribution in [1.82, 2.24) is 15.5 Å². The van der Waals surface area contributed by atoms with E-state index in [0.717, 1.165) is 44.9 Å². The molecular formula is C20H30N4O. The molecule has 1 heterocycles. The van der Waals surface area contributed by atoms with E-state index in [1.807, 2.05) is 11.8 Å². The van der Waals surface area contributed by atoms with Gasteiger partial charge in [-0.3, -0.25) is 4.79 Å². The number of rotatable bonds is 6. The van der Waals surface area contributed by atoms with Gasteiger partial charge in [-0.1, -0.05) is 30.3 Å². The zero-order valence-corrected chi connectivity index (χ0v) is 15.2. The molecule has 1 aromatic carbocycles. The molecule has 0 spiro atoms. The monoisotopic (exact) mass is 342 g/mol. The van der Waals surface area contributed by atoms with Gasteiger partial charge >= 0.3 is 0 Å². The number of carbonyl (C=O) groups excluding carboxylic acids is 1. The number of nitrogens with one attached hydrogen (secondary N) is 2. The van der Waals surface area contributed by atoms with E-state index in [4.69, 9.17) is 0 Å². The molecule has 2 N–H and O–H groups in total. The average molecular weight is 342 g/mol. The van der Waals surface area contributed by atoms with E-state index in [0.29, 0.717) is 12.0 Å². The Hall–Kier alpha value is -2.04. The molecule has 5 nitrogen and oxygen atoms in total. The van der Waals surface area contributed by atoms with Gasteiger partial charge in [-0.25, -0.2) is 4.99 Å². The first-order valence-electron chi connectivity index (χ1n) is 9.61. The van der Waals surface area contributed by atoms with Crippen molar-refractivity contribution < 1.29 is 4.79 Å². The van der Waals surface area contributed by atoms with Gasteiger partial charge < -0.3 is 15.5 Å². The molecule has 1 aliphatic heterocycles. The number of nitrogens with zero attached hydrogens (tertiary/aromatic N) is 2. The first kappa shape index (κ1) is 17.8. The van der Waals surface area contributed by atoms with Crippen LogP contribution in [0.3, 0.4) is 0 Å². The quantitative estimate of drug-likeness (QED) is 0.615. The van der Waals surface area contributed by atoms with Crippen molar-refractivity contribution in [2.24, 2.45) is 10.9 Å². The highest BCUT2D eigenvalue weighted by atomic mass is 16.2. The summed E-state index contributed by atoms with van der Waals surface area (Å²) in [7, 11) is 0. The number of benzene rings is 1. The Balaban J connectivity index is 1.42. The lowest BCUT2D eigenvalue weighted by Crippen LogP contribution is -2.42. The predicted molar refractivity (Wildman–Crippen MR) is 102 cm³/mol.